The van der Waals surface area contributed by atoms with E-state index in [1.54, 1.807) is 6.07 Å². The number of phenols is 1. The number of ether oxygens (including phenoxy) is 1. The Hall–Kier alpha value is -2.32. The first-order valence-electron chi connectivity index (χ1n) is 7.35. The molecule has 2 aromatic rings. The molecule has 2 aromatic carbocycles. The number of rotatable bonds is 7. The van der Waals surface area contributed by atoms with Gasteiger partial charge in [-0.15, -0.1) is 0 Å². The van der Waals surface area contributed by atoms with E-state index in [4.69, 9.17) is 5.73 Å². The second-order valence-corrected chi connectivity index (χ2v) is 5.52. The number of nitrogens with two attached hydrogens (primary N) is 1. The third kappa shape index (κ3) is 5.07. The number of benzene rings is 2. The van der Waals surface area contributed by atoms with Crippen LogP contribution >= 0.6 is 0 Å². The molecule has 4 nitrogen and oxygen atoms in total. The lowest BCUT2D eigenvalue weighted by atomic mass is 9.97. The topological polar surface area (TPSA) is 75.7 Å². The molecule has 2 atom stereocenters. The fourth-order valence-electron chi connectivity index (χ4n) is 2.24. The largest absolute Gasteiger partial charge is 0.508 e. The molecule has 8 heteroatoms. The molecular weight excluding hydrogens is 342 g/mol. The second-order valence-electron chi connectivity index (χ2n) is 5.52. The van der Waals surface area contributed by atoms with E-state index in [9.17, 15) is 27.8 Å². The van der Waals surface area contributed by atoms with Gasteiger partial charge in [0.1, 0.15) is 11.5 Å². The Bertz CT molecular complexity index is 695. The monoisotopic (exact) mass is 359 g/mol. The Kier molecular flexibility index (Phi) is 5.86. The van der Waals surface area contributed by atoms with E-state index < -0.39 is 30.4 Å². The minimum absolute atomic E-state index is 0.0364. The molecule has 0 spiro atoms. The van der Waals surface area contributed by atoms with Crippen molar-refractivity contribution in [2.45, 2.75) is 31.1 Å². The van der Waals surface area contributed by atoms with Crippen LogP contribution in [0.25, 0.3) is 0 Å². The van der Waals surface area contributed by atoms with Crippen LogP contribution in [0.2, 0.25) is 0 Å². The average molecular weight is 359 g/mol. The first-order chi connectivity index (χ1) is 11.7. The van der Waals surface area contributed by atoms with E-state index >= 15 is 0 Å². The van der Waals surface area contributed by atoms with Crippen molar-refractivity contribution in [1.82, 2.24) is 0 Å². The van der Waals surface area contributed by atoms with E-state index in [2.05, 4.69) is 4.74 Å². The Morgan fingerprint density at radius 1 is 1.08 bits per heavy atom. The number of alkyl halides is 4. The van der Waals surface area contributed by atoms with Crippen molar-refractivity contribution in [2.75, 3.05) is 0 Å². The van der Waals surface area contributed by atoms with Gasteiger partial charge in [-0.3, -0.25) is 0 Å². The van der Waals surface area contributed by atoms with Crippen molar-refractivity contribution >= 4 is 0 Å². The van der Waals surface area contributed by atoms with E-state index in [0.29, 0.717) is 11.1 Å². The quantitative estimate of drug-likeness (QED) is 0.664. The highest BCUT2D eigenvalue weighted by atomic mass is 19.3. The smallest absolute Gasteiger partial charge is 0.461 e. The Balaban J connectivity index is 2.07. The highest BCUT2D eigenvalue weighted by molar-refractivity contribution is 5.31. The third-order valence-corrected chi connectivity index (χ3v) is 3.52. The van der Waals surface area contributed by atoms with Crippen molar-refractivity contribution in [2.24, 2.45) is 5.73 Å². The number of aromatic hydroxyl groups is 1. The number of aliphatic hydroxyl groups excluding tert-OH is 1. The number of phenolic OH excluding ortho intramolecular Hbond substituents is 1. The van der Waals surface area contributed by atoms with Crippen LogP contribution in [0.4, 0.5) is 17.6 Å². The molecule has 0 fully saturated rings. The van der Waals surface area contributed by atoms with Gasteiger partial charge in [0.05, 0.1) is 6.10 Å². The highest BCUT2D eigenvalue weighted by Gasteiger charge is 2.43. The number of hydrogen-bond acceptors (Lipinski definition) is 4. The molecule has 2 unspecified atom stereocenters. The maximum absolute atomic E-state index is 13.0. The molecule has 0 amide bonds. The number of hydrogen-bond donors (Lipinski definition) is 3. The molecule has 0 aliphatic rings. The molecule has 0 saturated heterocycles. The van der Waals surface area contributed by atoms with Gasteiger partial charge in [-0.1, -0.05) is 24.3 Å². The van der Waals surface area contributed by atoms with E-state index in [1.165, 1.54) is 36.4 Å². The lowest BCUT2D eigenvalue weighted by molar-refractivity contribution is -0.253. The van der Waals surface area contributed by atoms with Crippen LogP contribution < -0.4 is 10.5 Å². The second kappa shape index (κ2) is 7.71. The van der Waals surface area contributed by atoms with Crippen LogP contribution in [-0.2, 0) is 6.42 Å². The van der Waals surface area contributed by atoms with Crippen LogP contribution in [0.3, 0.4) is 0 Å². The molecule has 2 rings (SSSR count). The molecule has 0 saturated carbocycles. The van der Waals surface area contributed by atoms with Gasteiger partial charge in [0.25, 0.3) is 0 Å². The van der Waals surface area contributed by atoms with Gasteiger partial charge in [0.15, 0.2) is 0 Å². The van der Waals surface area contributed by atoms with Gasteiger partial charge >= 0.3 is 12.5 Å². The Labute approximate surface area is 141 Å². The summed E-state index contributed by atoms with van der Waals surface area (Å²) in [5.41, 5.74) is 6.84. The summed E-state index contributed by atoms with van der Waals surface area (Å²) in [6.07, 6.45) is -9.51. The molecule has 0 heterocycles. The molecule has 0 aliphatic heterocycles. The maximum atomic E-state index is 13.0. The van der Waals surface area contributed by atoms with Gasteiger partial charge in [0, 0.05) is 6.04 Å². The summed E-state index contributed by atoms with van der Waals surface area (Å²) in [5, 5.41) is 19.4. The molecule has 25 heavy (non-hydrogen) atoms. The SMILES string of the molecule is NC(Cc1cccc(OC(F)(F)C(F)F)c1)C(O)c1ccc(O)cc1. The zero-order valence-electron chi connectivity index (χ0n) is 12.9. The number of aliphatic hydroxyl groups is 1. The Morgan fingerprint density at radius 2 is 1.72 bits per heavy atom. The van der Waals surface area contributed by atoms with E-state index in [0.717, 1.165) is 6.07 Å². The zero-order chi connectivity index (χ0) is 18.6. The summed E-state index contributed by atoms with van der Waals surface area (Å²) in [7, 11) is 0. The summed E-state index contributed by atoms with van der Waals surface area (Å²) in [6.45, 7) is 0. The summed E-state index contributed by atoms with van der Waals surface area (Å²) in [5.74, 6) is -0.386. The predicted octanol–water partition coefficient (Wildman–Crippen LogP) is 3.23. The molecule has 4 N–H and O–H groups in total. The maximum Gasteiger partial charge on any atom is 0.461 e. The zero-order valence-corrected chi connectivity index (χ0v) is 12.9. The van der Waals surface area contributed by atoms with Gasteiger partial charge in [-0.05, 0) is 41.8 Å². The van der Waals surface area contributed by atoms with Crippen molar-refractivity contribution in [3.05, 3.63) is 59.7 Å². The lowest BCUT2D eigenvalue weighted by Crippen LogP contribution is -2.33. The average Bonchev–Trinajstić information content (AvgIpc) is 2.54. The third-order valence-electron chi connectivity index (χ3n) is 3.52. The van der Waals surface area contributed by atoms with E-state index in [-0.39, 0.29) is 12.2 Å². The highest BCUT2D eigenvalue weighted by Crippen LogP contribution is 2.28. The molecular formula is C17H17F4NO3. The van der Waals surface area contributed by atoms with Crippen molar-refractivity contribution in [1.29, 1.82) is 0 Å². The molecule has 0 radical (unpaired) electrons. The van der Waals surface area contributed by atoms with Crippen molar-refractivity contribution in [3.63, 3.8) is 0 Å². The Morgan fingerprint density at radius 3 is 2.32 bits per heavy atom. The van der Waals surface area contributed by atoms with Gasteiger partial charge in [-0.25, -0.2) is 0 Å². The van der Waals surface area contributed by atoms with Crippen LogP contribution in [0.1, 0.15) is 17.2 Å². The molecule has 0 aliphatic carbocycles. The summed E-state index contributed by atoms with van der Waals surface area (Å²) >= 11 is 0. The van der Waals surface area contributed by atoms with Crippen LogP contribution in [-0.4, -0.2) is 28.8 Å². The van der Waals surface area contributed by atoms with Gasteiger partial charge < -0.3 is 20.7 Å². The normalized spacial score (nSPS) is 14.4. The minimum atomic E-state index is -4.59. The fraction of sp³-hybridized carbons (Fsp3) is 0.294. The predicted molar refractivity (Wildman–Crippen MR) is 82.8 cm³/mol. The first kappa shape index (κ1) is 19.0. The molecule has 0 bridgehead atoms. The standard InChI is InChI=1S/C17H17F4NO3/c18-16(19)17(20,21)25-13-3-1-2-10(8-13)9-14(22)15(24)11-4-6-12(23)7-5-11/h1-8,14-16,23-24H,9,22H2. The van der Waals surface area contributed by atoms with Crippen molar-refractivity contribution in [3.8, 4) is 11.5 Å². The number of halogens is 4. The van der Waals surface area contributed by atoms with E-state index in [1.807, 2.05) is 0 Å². The van der Waals surface area contributed by atoms with Crippen LogP contribution in [0, 0.1) is 0 Å². The molecule has 0 aromatic heterocycles. The fourth-order valence-corrected chi connectivity index (χ4v) is 2.24. The summed E-state index contributed by atoms with van der Waals surface area (Å²) in [4.78, 5) is 0. The summed E-state index contributed by atoms with van der Waals surface area (Å²) in [6, 6.07) is 10.2. The minimum Gasteiger partial charge on any atom is -0.508 e. The van der Waals surface area contributed by atoms with Crippen LogP contribution in [0.5, 0.6) is 11.5 Å². The van der Waals surface area contributed by atoms with Crippen LogP contribution in [0.15, 0.2) is 48.5 Å². The first-order valence-corrected chi connectivity index (χ1v) is 7.35. The lowest BCUT2D eigenvalue weighted by Gasteiger charge is -2.20. The van der Waals surface area contributed by atoms with Gasteiger partial charge in [0.2, 0.25) is 0 Å². The summed E-state index contributed by atoms with van der Waals surface area (Å²) < 4.78 is 54.3. The molecule has 136 valence electrons. The van der Waals surface area contributed by atoms with Crippen molar-refractivity contribution < 1.29 is 32.5 Å². The van der Waals surface area contributed by atoms with Gasteiger partial charge in [-0.2, -0.15) is 17.6 Å².